The van der Waals surface area contributed by atoms with Gasteiger partial charge in [0.25, 0.3) is 5.91 Å². The van der Waals surface area contributed by atoms with Crippen LogP contribution in [0, 0.1) is 6.92 Å². The van der Waals surface area contributed by atoms with Crippen molar-refractivity contribution in [3.8, 4) is 5.69 Å². The minimum atomic E-state index is -0.0461. The summed E-state index contributed by atoms with van der Waals surface area (Å²) in [5.74, 6) is -0.0461. The molecular formula is C14H16BrN5O. The summed E-state index contributed by atoms with van der Waals surface area (Å²) < 4.78 is 2.66. The molecule has 1 aromatic heterocycles. The van der Waals surface area contributed by atoms with Gasteiger partial charge in [-0.25, -0.2) is 4.68 Å². The van der Waals surface area contributed by atoms with E-state index in [1.165, 1.54) is 0 Å². The Morgan fingerprint density at radius 3 is 2.81 bits per heavy atom. The third-order valence-electron chi connectivity index (χ3n) is 3.55. The number of carbonyl (C=O) groups is 1. The van der Waals surface area contributed by atoms with Crippen LogP contribution in [-0.4, -0.2) is 52.0 Å². The van der Waals surface area contributed by atoms with Crippen LogP contribution in [0.1, 0.15) is 16.2 Å². The van der Waals surface area contributed by atoms with Crippen LogP contribution in [-0.2, 0) is 0 Å². The number of carbonyl (C=O) groups excluding carboxylic acids is 1. The summed E-state index contributed by atoms with van der Waals surface area (Å²) >= 11 is 3.44. The van der Waals surface area contributed by atoms with E-state index in [4.69, 9.17) is 0 Å². The molecule has 1 fully saturated rings. The van der Waals surface area contributed by atoms with Gasteiger partial charge in [0.05, 0.1) is 11.4 Å². The lowest BCUT2D eigenvalue weighted by atomic mass is 10.2. The Labute approximate surface area is 131 Å². The van der Waals surface area contributed by atoms with Gasteiger partial charge in [-0.05, 0) is 25.1 Å². The summed E-state index contributed by atoms with van der Waals surface area (Å²) in [6, 6.07) is 7.76. The predicted molar refractivity (Wildman–Crippen MR) is 82.6 cm³/mol. The van der Waals surface area contributed by atoms with Crippen molar-refractivity contribution >= 4 is 21.8 Å². The first-order chi connectivity index (χ1) is 10.2. The highest BCUT2D eigenvalue weighted by Gasteiger charge is 2.24. The Balaban J connectivity index is 1.90. The second-order valence-electron chi connectivity index (χ2n) is 4.96. The molecule has 1 N–H and O–H groups in total. The van der Waals surface area contributed by atoms with Gasteiger partial charge < -0.3 is 10.2 Å². The smallest absolute Gasteiger partial charge is 0.276 e. The molecule has 1 aromatic carbocycles. The van der Waals surface area contributed by atoms with E-state index in [0.29, 0.717) is 18.8 Å². The fourth-order valence-corrected chi connectivity index (χ4v) is 2.78. The summed E-state index contributed by atoms with van der Waals surface area (Å²) in [6.07, 6.45) is 0. The second-order valence-corrected chi connectivity index (χ2v) is 5.87. The normalized spacial score (nSPS) is 15.2. The van der Waals surface area contributed by atoms with E-state index < -0.39 is 0 Å². The largest absolute Gasteiger partial charge is 0.335 e. The molecule has 1 amide bonds. The van der Waals surface area contributed by atoms with E-state index in [1.807, 2.05) is 36.1 Å². The van der Waals surface area contributed by atoms with Crippen molar-refractivity contribution < 1.29 is 4.79 Å². The monoisotopic (exact) mass is 349 g/mol. The van der Waals surface area contributed by atoms with Gasteiger partial charge >= 0.3 is 0 Å². The molecule has 1 aliphatic rings. The maximum Gasteiger partial charge on any atom is 0.276 e. The van der Waals surface area contributed by atoms with E-state index in [1.54, 1.807) is 4.68 Å². The van der Waals surface area contributed by atoms with Gasteiger partial charge in [-0.2, -0.15) is 0 Å². The SMILES string of the molecule is Cc1c(C(=O)N2CCNCC2)nnn1-c1cccc(Br)c1. The number of halogens is 1. The average molecular weight is 350 g/mol. The number of nitrogens with zero attached hydrogens (tertiary/aromatic N) is 4. The van der Waals surface area contributed by atoms with E-state index in [2.05, 4.69) is 31.6 Å². The fraction of sp³-hybridized carbons (Fsp3) is 0.357. The molecule has 0 aliphatic carbocycles. The molecule has 0 unspecified atom stereocenters. The zero-order valence-electron chi connectivity index (χ0n) is 11.7. The van der Waals surface area contributed by atoms with Gasteiger partial charge in [-0.1, -0.05) is 27.2 Å². The van der Waals surface area contributed by atoms with Crippen molar-refractivity contribution in [1.82, 2.24) is 25.2 Å². The third-order valence-corrected chi connectivity index (χ3v) is 4.05. The van der Waals surface area contributed by atoms with E-state index in [9.17, 15) is 4.79 Å². The van der Waals surface area contributed by atoms with Crippen molar-refractivity contribution in [3.05, 3.63) is 40.1 Å². The topological polar surface area (TPSA) is 63.1 Å². The molecule has 2 aromatic rings. The highest BCUT2D eigenvalue weighted by molar-refractivity contribution is 9.10. The van der Waals surface area contributed by atoms with Gasteiger partial charge in [-0.15, -0.1) is 5.10 Å². The van der Waals surface area contributed by atoms with Crippen LogP contribution in [0.15, 0.2) is 28.7 Å². The highest BCUT2D eigenvalue weighted by Crippen LogP contribution is 2.18. The third kappa shape index (κ3) is 2.84. The summed E-state index contributed by atoms with van der Waals surface area (Å²) in [7, 11) is 0. The number of rotatable bonds is 2. The summed E-state index contributed by atoms with van der Waals surface area (Å²) in [4.78, 5) is 14.3. The molecule has 0 saturated carbocycles. The lowest BCUT2D eigenvalue weighted by Gasteiger charge is -2.26. The number of piperazine rings is 1. The maximum absolute atomic E-state index is 12.5. The Morgan fingerprint density at radius 2 is 2.10 bits per heavy atom. The number of aromatic nitrogens is 3. The number of nitrogens with one attached hydrogen (secondary N) is 1. The average Bonchev–Trinajstić information content (AvgIpc) is 2.89. The maximum atomic E-state index is 12.5. The minimum Gasteiger partial charge on any atom is -0.335 e. The fourth-order valence-electron chi connectivity index (χ4n) is 2.40. The quantitative estimate of drug-likeness (QED) is 0.889. The van der Waals surface area contributed by atoms with Crippen molar-refractivity contribution in [2.45, 2.75) is 6.92 Å². The first-order valence-corrected chi connectivity index (χ1v) is 7.64. The molecule has 0 bridgehead atoms. The van der Waals surface area contributed by atoms with E-state index in [0.717, 1.165) is 28.9 Å². The van der Waals surface area contributed by atoms with Gasteiger partial charge in [0.1, 0.15) is 0 Å². The van der Waals surface area contributed by atoms with Crippen LogP contribution < -0.4 is 5.32 Å². The Hall–Kier alpha value is -1.73. The Morgan fingerprint density at radius 1 is 1.33 bits per heavy atom. The second kappa shape index (κ2) is 5.95. The summed E-state index contributed by atoms with van der Waals surface area (Å²) in [5, 5.41) is 11.4. The number of hydrogen-bond donors (Lipinski definition) is 1. The standard InChI is InChI=1S/C14H16BrN5O/c1-10-13(14(21)19-7-5-16-6-8-19)17-18-20(10)12-4-2-3-11(15)9-12/h2-4,9,16H,5-8H2,1H3. The molecule has 3 rings (SSSR count). The Bertz CT molecular complexity index is 663. The van der Waals surface area contributed by atoms with Crippen molar-refractivity contribution in [2.75, 3.05) is 26.2 Å². The molecule has 0 radical (unpaired) electrons. The van der Waals surface area contributed by atoms with Crippen LogP contribution in [0.3, 0.4) is 0 Å². The molecule has 6 nitrogen and oxygen atoms in total. The van der Waals surface area contributed by atoms with Crippen molar-refractivity contribution in [3.63, 3.8) is 0 Å². The van der Waals surface area contributed by atoms with Crippen LogP contribution in [0.4, 0.5) is 0 Å². The lowest BCUT2D eigenvalue weighted by molar-refractivity contribution is 0.0729. The molecule has 1 saturated heterocycles. The van der Waals surface area contributed by atoms with Gasteiger partial charge in [0.15, 0.2) is 5.69 Å². The number of amides is 1. The summed E-state index contributed by atoms with van der Waals surface area (Å²) in [6.45, 7) is 4.94. The molecule has 7 heteroatoms. The Kier molecular flexibility index (Phi) is 4.03. The van der Waals surface area contributed by atoms with Crippen LogP contribution in [0.25, 0.3) is 5.69 Å². The highest BCUT2D eigenvalue weighted by atomic mass is 79.9. The zero-order chi connectivity index (χ0) is 14.8. The summed E-state index contributed by atoms with van der Waals surface area (Å²) in [5.41, 5.74) is 2.07. The van der Waals surface area contributed by atoms with Crippen LogP contribution in [0.2, 0.25) is 0 Å². The molecule has 21 heavy (non-hydrogen) atoms. The van der Waals surface area contributed by atoms with E-state index in [-0.39, 0.29) is 5.91 Å². The van der Waals surface area contributed by atoms with E-state index >= 15 is 0 Å². The minimum absolute atomic E-state index is 0.0461. The van der Waals surface area contributed by atoms with Gasteiger partial charge in [-0.3, -0.25) is 4.79 Å². The number of benzene rings is 1. The van der Waals surface area contributed by atoms with Crippen molar-refractivity contribution in [1.29, 1.82) is 0 Å². The van der Waals surface area contributed by atoms with Gasteiger partial charge in [0, 0.05) is 30.7 Å². The molecule has 0 spiro atoms. The van der Waals surface area contributed by atoms with Gasteiger partial charge in [0.2, 0.25) is 0 Å². The van der Waals surface area contributed by atoms with Crippen molar-refractivity contribution in [2.24, 2.45) is 0 Å². The predicted octanol–water partition coefficient (Wildman–Crippen LogP) is 1.38. The molecule has 110 valence electrons. The first kappa shape index (κ1) is 14.2. The zero-order valence-corrected chi connectivity index (χ0v) is 13.3. The molecule has 2 heterocycles. The van der Waals surface area contributed by atoms with Crippen LogP contribution in [0.5, 0.6) is 0 Å². The first-order valence-electron chi connectivity index (χ1n) is 6.85. The molecule has 1 aliphatic heterocycles. The lowest BCUT2D eigenvalue weighted by Crippen LogP contribution is -2.46. The molecule has 0 atom stereocenters. The molecular weight excluding hydrogens is 334 g/mol. The van der Waals surface area contributed by atoms with Crippen LogP contribution >= 0.6 is 15.9 Å². The number of hydrogen-bond acceptors (Lipinski definition) is 4.